The zero-order chi connectivity index (χ0) is 21.6. The van der Waals surface area contributed by atoms with Crippen molar-refractivity contribution in [2.45, 2.75) is 6.42 Å². The van der Waals surface area contributed by atoms with Crippen molar-refractivity contribution in [2.75, 3.05) is 44.7 Å². The number of anilines is 1. The van der Waals surface area contributed by atoms with Crippen LogP contribution < -0.4 is 10.2 Å². The molecular weight excluding hydrogens is 419 g/mol. The Balaban J connectivity index is 1.27. The fourth-order valence-corrected chi connectivity index (χ4v) is 3.77. The number of guanidine groups is 1. The minimum atomic E-state index is -0.185. The van der Waals surface area contributed by atoms with Crippen LogP contribution in [-0.2, 0) is 6.42 Å². The first-order valence-electron chi connectivity index (χ1n) is 10.2. The predicted octanol–water partition coefficient (Wildman–Crippen LogP) is 3.47. The summed E-state index contributed by atoms with van der Waals surface area (Å²) in [6.07, 6.45) is 0.571. The van der Waals surface area contributed by atoms with Gasteiger partial charge in [-0.05, 0) is 24.3 Å². The highest BCUT2D eigenvalue weighted by Crippen LogP contribution is 2.21. The lowest BCUT2D eigenvalue weighted by Gasteiger charge is -2.37. The van der Waals surface area contributed by atoms with Crippen molar-refractivity contribution >= 4 is 23.2 Å². The Kier molecular flexibility index (Phi) is 6.66. The van der Waals surface area contributed by atoms with Crippen LogP contribution >= 0.6 is 11.6 Å². The van der Waals surface area contributed by atoms with Crippen molar-refractivity contribution in [3.63, 3.8) is 0 Å². The zero-order valence-corrected chi connectivity index (χ0v) is 18.0. The van der Waals surface area contributed by atoms with E-state index in [9.17, 15) is 4.39 Å². The van der Waals surface area contributed by atoms with E-state index in [1.165, 1.54) is 6.07 Å². The van der Waals surface area contributed by atoms with Gasteiger partial charge >= 0.3 is 0 Å². The molecule has 3 aromatic rings. The van der Waals surface area contributed by atoms with E-state index >= 15 is 0 Å². The molecule has 0 radical (unpaired) electrons. The van der Waals surface area contributed by atoms with E-state index in [-0.39, 0.29) is 5.82 Å². The highest BCUT2D eigenvalue weighted by atomic mass is 35.5. The summed E-state index contributed by atoms with van der Waals surface area (Å²) in [5, 5.41) is 8.01. The number of aromatic nitrogens is 2. The highest BCUT2D eigenvalue weighted by Gasteiger charge is 2.21. The lowest BCUT2D eigenvalue weighted by atomic mass is 10.2. The summed E-state index contributed by atoms with van der Waals surface area (Å²) in [5.74, 6) is 1.69. The molecule has 0 atom stereocenters. The van der Waals surface area contributed by atoms with Gasteiger partial charge in [-0.1, -0.05) is 41.0 Å². The lowest BCUT2D eigenvalue weighted by molar-refractivity contribution is 0.364. The minimum absolute atomic E-state index is 0.185. The summed E-state index contributed by atoms with van der Waals surface area (Å²) >= 11 is 6.03. The molecule has 0 spiro atoms. The van der Waals surface area contributed by atoms with E-state index in [4.69, 9.17) is 16.1 Å². The Hall–Kier alpha value is -3.13. The van der Waals surface area contributed by atoms with Crippen molar-refractivity contribution in [3.05, 3.63) is 65.3 Å². The third-order valence-electron chi connectivity index (χ3n) is 5.16. The van der Waals surface area contributed by atoms with E-state index in [1.54, 1.807) is 25.2 Å². The smallest absolute Gasteiger partial charge is 0.228 e. The fraction of sp³-hybridized carbons (Fsp3) is 0.318. The van der Waals surface area contributed by atoms with Crippen LogP contribution in [0.15, 0.2) is 58.0 Å². The van der Waals surface area contributed by atoms with Gasteiger partial charge in [-0.3, -0.25) is 4.99 Å². The van der Waals surface area contributed by atoms with Crippen molar-refractivity contribution in [1.82, 2.24) is 20.4 Å². The molecule has 2 aromatic carbocycles. The summed E-state index contributed by atoms with van der Waals surface area (Å²) in [4.78, 5) is 13.0. The number of aliphatic imine (C=N–C) groups is 1. The molecule has 1 saturated heterocycles. The van der Waals surface area contributed by atoms with Crippen LogP contribution in [0, 0.1) is 5.82 Å². The highest BCUT2D eigenvalue weighted by molar-refractivity contribution is 6.30. The van der Waals surface area contributed by atoms with Crippen molar-refractivity contribution < 1.29 is 8.91 Å². The maximum Gasteiger partial charge on any atom is 0.228 e. The van der Waals surface area contributed by atoms with Gasteiger partial charge in [0, 0.05) is 56.8 Å². The number of rotatable bonds is 5. The van der Waals surface area contributed by atoms with Crippen LogP contribution in [0.4, 0.5) is 10.1 Å². The van der Waals surface area contributed by atoms with Crippen LogP contribution in [0.25, 0.3) is 11.4 Å². The van der Waals surface area contributed by atoms with Gasteiger partial charge < -0.3 is 19.6 Å². The first kappa shape index (κ1) is 21.1. The predicted molar refractivity (Wildman–Crippen MR) is 120 cm³/mol. The number of hydrogen-bond acceptors (Lipinski definition) is 5. The van der Waals surface area contributed by atoms with E-state index < -0.39 is 0 Å². The molecule has 0 bridgehead atoms. The third-order valence-corrected chi connectivity index (χ3v) is 5.39. The molecule has 1 fully saturated rings. The quantitative estimate of drug-likeness (QED) is 0.482. The number of nitrogens with zero attached hydrogens (tertiary/aromatic N) is 5. The topological polar surface area (TPSA) is 69.8 Å². The van der Waals surface area contributed by atoms with E-state index in [1.807, 2.05) is 24.3 Å². The van der Waals surface area contributed by atoms with Gasteiger partial charge in [-0.15, -0.1) is 0 Å². The number of piperazine rings is 1. The number of hydrogen-bond donors (Lipinski definition) is 1. The van der Waals surface area contributed by atoms with Crippen LogP contribution in [-0.4, -0.2) is 60.8 Å². The monoisotopic (exact) mass is 442 g/mol. The molecule has 0 amide bonds. The molecule has 162 valence electrons. The van der Waals surface area contributed by atoms with E-state index in [2.05, 4.69) is 30.2 Å². The largest absolute Gasteiger partial charge is 0.366 e. The Morgan fingerprint density at radius 2 is 1.97 bits per heavy atom. The molecule has 7 nitrogen and oxygen atoms in total. The van der Waals surface area contributed by atoms with Gasteiger partial charge in [0.1, 0.15) is 5.82 Å². The summed E-state index contributed by atoms with van der Waals surface area (Å²) in [6, 6.07) is 14.2. The molecule has 2 heterocycles. The second-order valence-electron chi connectivity index (χ2n) is 7.17. The fourth-order valence-electron chi connectivity index (χ4n) is 3.58. The van der Waals surface area contributed by atoms with Crippen molar-refractivity contribution in [3.8, 4) is 11.4 Å². The third kappa shape index (κ3) is 5.14. The molecule has 1 N–H and O–H groups in total. The number of halogens is 2. The van der Waals surface area contributed by atoms with Gasteiger partial charge in [0.15, 0.2) is 5.96 Å². The Bertz CT molecular complexity index is 1050. The average Bonchev–Trinajstić information content (AvgIpc) is 3.26. The molecule has 1 aromatic heterocycles. The molecule has 1 aliphatic rings. The lowest BCUT2D eigenvalue weighted by Crippen LogP contribution is -2.53. The SMILES string of the molecule is CN=C(NCCc1nc(-c2cccc(Cl)c2)no1)N1CCN(c2ccccc2F)CC1. The maximum atomic E-state index is 14.0. The Labute approximate surface area is 185 Å². The van der Waals surface area contributed by atoms with Gasteiger partial charge in [-0.25, -0.2) is 4.39 Å². The number of nitrogens with one attached hydrogen (secondary N) is 1. The molecule has 0 saturated carbocycles. The van der Waals surface area contributed by atoms with Crippen LogP contribution in [0.3, 0.4) is 0 Å². The number of para-hydroxylation sites is 1. The Morgan fingerprint density at radius 1 is 1.16 bits per heavy atom. The Morgan fingerprint density at radius 3 is 2.71 bits per heavy atom. The van der Waals surface area contributed by atoms with Crippen LogP contribution in [0.5, 0.6) is 0 Å². The average molecular weight is 443 g/mol. The molecule has 0 aliphatic carbocycles. The summed E-state index contributed by atoms with van der Waals surface area (Å²) in [7, 11) is 1.76. The molecule has 4 rings (SSSR count). The van der Waals surface area contributed by atoms with Gasteiger partial charge in [0.05, 0.1) is 5.69 Å². The maximum absolute atomic E-state index is 14.0. The zero-order valence-electron chi connectivity index (χ0n) is 17.3. The van der Waals surface area contributed by atoms with E-state index in [0.29, 0.717) is 35.4 Å². The second kappa shape index (κ2) is 9.78. The van der Waals surface area contributed by atoms with Gasteiger partial charge in [-0.2, -0.15) is 4.98 Å². The van der Waals surface area contributed by atoms with E-state index in [0.717, 1.165) is 37.7 Å². The molecule has 1 aliphatic heterocycles. The number of benzene rings is 2. The molecule has 31 heavy (non-hydrogen) atoms. The molecule has 0 unspecified atom stereocenters. The first-order chi connectivity index (χ1) is 15.1. The summed E-state index contributed by atoms with van der Waals surface area (Å²) in [5.41, 5.74) is 1.47. The summed E-state index contributed by atoms with van der Waals surface area (Å²) in [6.45, 7) is 3.58. The second-order valence-corrected chi connectivity index (χ2v) is 7.61. The first-order valence-corrected chi connectivity index (χ1v) is 10.6. The van der Waals surface area contributed by atoms with Gasteiger partial charge in [0.25, 0.3) is 0 Å². The molecule has 9 heteroatoms. The van der Waals surface area contributed by atoms with Crippen molar-refractivity contribution in [1.29, 1.82) is 0 Å². The van der Waals surface area contributed by atoms with Crippen molar-refractivity contribution in [2.24, 2.45) is 4.99 Å². The molecular formula is C22H24ClFN6O. The van der Waals surface area contributed by atoms with Gasteiger partial charge in [0.2, 0.25) is 11.7 Å². The standard InChI is InChI=1S/C22H24ClFN6O/c1-25-22(30-13-11-29(12-14-30)19-8-3-2-7-18(19)24)26-10-9-20-27-21(28-31-20)16-5-4-6-17(23)15-16/h2-8,15H,9-14H2,1H3,(H,25,26). The minimum Gasteiger partial charge on any atom is -0.366 e. The summed E-state index contributed by atoms with van der Waals surface area (Å²) < 4.78 is 19.4. The van der Waals surface area contributed by atoms with Crippen LogP contribution in [0.1, 0.15) is 5.89 Å². The normalized spacial score (nSPS) is 14.7. The van der Waals surface area contributed by atoms with Crippen LogP contribution in [0.2, 0.25) is 5.02 Å².